The van der Waals surface area contributed by atoms with Crippen LogP contribution in [0.5, 0.6) is 11.5 Å². The van der Waals surface area contributed by atoms with Crippen LogP contribution in [0.25, 0.3) is 22.5 Å². The minimum absolute atomic E-state index is 0.866. The van der Waals surface area contributed by atoms with Crippen molar-refractivity contribution in [1.29, 1.82) is 0 Å². The molecule has 2 aromatic carbocycles. The smallest absolute Gasteiger partial charge is 0.128 e. The quantitative estimate of drug-likeness (QED) is 0.0639. The van der Waals surface area contributed by atoms with E-state index >= 15 is 0 Å². The molecule has 0 radical (unpaired) electrons. The summed E-state index contributed by atoms with van der Waals surface area (Å²) in [6.45, 7) is 6.47. The molecule has 1 heterocycles. The highest BCUT2D eigenvalue weighted by atomic mass is 16.5. The van der Waals surface area contributed by atoms with Crippen LogP contribution in [-0.4, -0.2) is 58.3 Å². The molecule has 0 unspecified atom stereocenters. The standard InChI is InChI=1S/C48H77N3O2/c1-8-10-12-14-16-18-20-22-24-26-28-40-30-32-47(52-6)43(36-40)45-38-42(51(5)35-34-50(3)4)39-46(49-45)44-37-41(31-33-48(44)53-7)29-27-25-23-21-19-17-15-13-11-9-2/h30-33,36-39H,8-29,34-35H2,1-7H3. The maximum absolute atomic E-state index is 5.96. The second kappa shape index (κ2) is 26.7. The normalized spacial score (nSPS) is 11.4. The molecule has 53 heavy (non-hydrogen) atoms. The fourth-order valence-corrected chi connectivity index (χ4v) is 7.35. The van der Waals surface area contributed by atoms with Gasteiger partial charge in [0.05, 0.1) is 25.6 Å². The Bertz CT molecular complexity index is 1310. The molecule has 3 rings (SSSR count). The van der Waals surface area contributed by atoms with Crippen molar-refractivity contribution in [3.8, 4) is 34.0 Å². The minimum Gasteiger partial charge on any atom is -0.496 e. The molecule has 0 amide bonds. The molecule has 0 atom stereocenters. The molecule has 1 aromatic heterocycles. The first-order chi connectivity index (χ1) is 25.9. The summed E-state index contributed by atoms with van der Waals surface area (Å²) in [6.07, 6.45) is 29.2. The molecule has 0 bridgehead atoms. The molecule has 0 saturated heterocycles. The zero-order valence-corrected chi connectivity index (χ0v) is 35.2. The average molecular weight is 728 g/mol. The van der Waals surface area contributed by atoms with Gasteiger partial charge >= 0.3 is 0 Å². The van der Waals surface area contributed by atoms with Crippen LogP contribution in [0.2, 0.25) is 0 Å². The van der Waals surface area contributed by atoms with E-state index < -0.39 is 0 Å². The highest BCUT2D eigenvalue weighted by molar-refractivity contribution is 5.78. The van der Waals surface area contributed by atoms with Crippen LogP contribution in [-0.2, 0) is 12.8 Å². The van der Waals surface area contributed by atoms with Crippen LogP contribution in [0.1, 0.15) is 153 Å². The van der Waals surface area contributed by atoms with Crippen LogP contribution >= 0.6 is 0 Å². The zero-order chi connectivity index (χ0) is 38.1. The van der Waals surface area contributed by atoms with Crippen molar-refractivity contribution in [2.24, 2.45) is 0 Å². The monoisotopic (exact) mass is 728 g/mol. The molecule has 0 aliphatic carbocycles. The molecule has 0 saturated carbocycles. The summed E-state index contributed by atoms with van der Waals surface area (Å²) in [6, 6.07) is 17.9. The third kappa shape index (κ3) is 16.9. The van der Waals surface area contributed by atoms with Gasteiger partial charge in [0.2, 0.25) is 0 Å². The molecular weight excluding hydrogens is 651 g/mol. The first-order valence-electron chi connectivity index (χ1n) is 21.6. The Morgan fingerprint density at radius 2 is 0.849 bits per heavy atom. The van der Waals surface area contributed by atoms with Crippen molar-refractivity contribution in [1.82, 2.24) is 9.88 Å². The Kier molecular flexibility index (Phi) is 22.3. The summed E-state index contributed by atoms with van der Waals surface area (Å²) in [7, 11) is 9.99. The summed E-state index contributed by atoms with van der Waals surface area (Å²) < 4.78 is 11.9. The van der Waals surface area contributed by atoms with Crippen molar-refractivity contribution in [3.63, 3.8) is 0 Å². The molecule has 0 N–H and O–H groups in total. The maximum atomic E-state index is 5.96. The number of hydrogen-bond donors (Lipinski definition) is 0. The molecule has 0 fully saturated rings. The number of likely N-dealkylation sites (N-methyl/N-ethyl adjacent to an activating group) is 2. The summed E-state index contributed by atoms with van der Waals surface area (Å²) in [5, 5.41) is 0. The van der Waals surface area contributed by atoms with Crippen molar-refractivity contribution < 1.29 is 9.47 Å². The number of anilines is 1. The number of benzene rings is 2. The van der Waals surface area contributed by atoms with Gasteiger partial charge in [-0.25, -0.2) is 4.98 Å². The van der Waals surface area contributed by atoms with E-state index in [1.165, 1.54) is 140 Å². The lowest BCUT2D eigenvalue weighted by atomic mass is 9.98. The van der Waals surface area contributed by atoms with Crippen molar-refractivity contribution in [2.45, 2.75) is 155 Å². The summed E-state index contributed by atoms with van der Waals surface area (Å²) >= 11 is 0. The second-order valence-electron chi connectivity index (χ2n) is 15.8. The van der Waals surface area contributed by atoms with Gasteiger partial charge in [0.15, 0.2) is 0 Å². The molecule has 296 valence electrons. The van der Waals surface area contributed by atoms with Gasteiger partial charge in [-0.15, -0.1) is 0 Å². The van der Waals surface area contributed by atoms with Crippen LogP contribution in [0.3, 0.4) is 0 Å². The SMILES string of the molecule is CCCCCCCCCCCCc1ccc(OC)c(-c2cc(N(C)CCN(C)C)cc(-c3cc(CCCCCCCCCCCC)ccc3OC)n2)c1. The maximum Gasteiger partial charge on any atom is 0.128 e. The average Bonchev–Trinajstić information content (AvgIpc) is 3.18. The minimum atomic E-state index is 0.866. The van der Waals surface area contributed by atoms with Crippen LogP contribution in [0.15, 0.2) is 48.5 Å². The van der Waals surface area contributed by atoms with Gasteiger partial charge in [-0.1, -0.05) is 142 Å². The Morgan fingerprint density at radius 3 is 1.21 bits per heavy atom. The zero-order valence-electron chi connectivity index (χ0n) is 35.2. The highest BCUT2D eigenvalue weighted by Crippen LogP contribution is 2.37. The van der Waals surface area contributed by atoms with Crippen molar-refractivity contribution in [2.75, 3.05) is 53.4 Å². The molecule has 3 aromatic rings. The number of methoxy groups -OCH3 is 2. The van der Waals surface area contributed by atoms with E-state index in [4.69, 9.17) is 14.5 Å². The van der Waals surface area contributed by atoms with E-state index in [0.717, 1.165) is 65.6 Å². The lowest BCUT2D eigenvalue weighted by Crippen LogP contribution is -2.28. The van der Waals surface area contributed by atoms with Crippen LogP contribution in [0, 0.1) is 0 Å². The van der Waals surface area contributed by atoms with Gasteiger partial charge in [-0.05, 0) is 87.3 Å². The molecule has 0 aliphatic rings. The number of aryl methyl sites for hydroxylation is 2. The van der Waals surface area contributed by atoms with E-state index in [-0.39, 0.29) is 0 Å². The number of rotatable bonds is 30. The van der Waals surface area contributed by atoms with E-state index in [9.17, 15) is 0 Å². The lowest BCUT2D eigenvalue weighted by molar-refractivity contribution is 0.415. The van der Waals surface area contributed by atoms with Gasteiger partial charge in [-0.2, -0.15) is 0 Å². The van der Waals surface area contributed by atoms with Gasteiger partial charge in [0, 0.05) is 37.0 Å². The lowest BCUT2D eigenvalue weighted by Gasteiger charge is -2.23. The predicted octanol–water partition coefficient (Wildman–Crippen LogP) is 13.4. The molecule has 0 spiro atoms. The van der Waals surface area contributed by atoms with Gasteiger partial charge in [-0.3, -0.25) is 0 Å². The fourth-order valence-electron chi connectivity index (χ4n) is 7.35. The molecule has 5 heteroatoms. The van der Waals surface area contributed by atoms with Gasteiger partial charge in [0.25, 0.3) is 0 Å². The Morgan fingerprint density at radius 1 is 0.472 bits per heavy atom. The third-order valence-corrected chi connectivity index (χ3v) is 10.9. The first-order valence-corrected chi connectivity index (χ1v) is 21.6. The number of hydrogen-bond acceptors (Lipinski definition) is 5. The Balaban J connectivity index is 1.78. The van der Waals surface area contributed by atoms with Crippen molar-refractivity contribution in [3.05, 3.63) is 59.7 Å². The molecule has 0 aliphatic heterocycles. The largest absolute Gasteiger partial charge is 0.496 e. The number of unbranched alkanes of at least 4 members (excludes halogenated alkanes) is 18. The number of aromatic nitrogens is 1. The van der Waals surface area contributed by atoms with Crippen LogP contribution in [0.4, 0.5) is 5.69 Å². The van der Waals surface area contributed by atoms with E-state index in [1.807, 2.05) is 0 Å². The van der Waals surface area contributed by atoms with E-state index in [2.05, 4.69) is 93.3 Å². The predicted molar refractivity (Wildman–Crippen MR) is 231 cm³/mol. The van der Waals surface area contributed by atoms with Crippen LogP contribution < -0.4 is 14.4 Å². The van der Waals surface area contributed by atoms with E-state index in [1.54, 1.807) is 14.2 Å². The van der Waals surface area contributed by atoms with E-state index in [0.29, 0.717) is 0 Å². The number of nitrogens with zero attached hydrogens (tertiary/aromatic N) is 3. The third-order valence-electron chi connectivity index (χ3n) is 10.9. The fraction of sp³-hybridized carbons (Fsp3) is 0.646. The summed E-state index contributed by atoms with van der Waals surface area (Å²) in [5.41, 5.74) is 7.85. The summed E-state index contributed by atoms with van der Waals surface area (Å²) in [4.78, 5) is 9.95. The number of pyridine rings is 1. The molecule has 5 nitrogen and oxygen atoms in total. The Hall–Kier alpha value is -3.05. The Labute approximate surface area is 326 Å². The van der Waals surface area contributed by atoms with Gasteiger partial charge < -0.3 is 19.3 Å². The second-order valence-corrected chi connectivity index (χ2v) is 15.8. The van der Waals surface area contributed by atoms with Crippen molar-refractivity contribution >= 4 is 5.69 Å². The molecular formula is C48H77N3O2. The number of ether oxygens (including phenoxy) is 2. The highest BCUT2D eigenvalue weighted by Gasteiger charge is 2.17. The summed E-state index contributed by atoms with van der Waals surface area (Å²) in [5.74, 6) is 1.73. The van der Waals surface area contributed by atoms with Gasteiger partial charge in [0.1, 0.15) is 11.5 Å². The topological polar surface area (TPSA) is 37.8 Å². The first kappa shape index (κ1) is 44.3.